The molecule has 1 saturated carbocycles. The molecule has 2 atom stereocenters. The molecule has 2 N–H and O–H groups in total. The van der Waals surface area contributed by atoms with Crippen molar-refractivity contribution in [2.24, 2.45) is 0 Å². The topological polar surface area (TPSA) is 56.3 Å². The molecule has 1 aromatic carbocycles. The van der Waals surface area contributed by atoms with Gasteiger partial charge in [-0.1, -0.05) is 12.1 Å². The third-order valence-electron chi connectivity index (χ3n) is 4.77. The van der Waals surface area contributed by atoms with Crippen molar-refractivity contribution in [3.8, 4) is 0 Å². The predicted molar refractivity (Wildman–Crippen MR) is 83.6 cm³/mol. The van der Waals surface area contributed by atoms with Crippen LogP contribution in [0.25, 0.3) is 0 Å². The summed E-state index contributed by atoms with van der Waals surface area (Å²) >= 11 is 0. The number of β-amino-alcohol motifs (C(OH)–C–C–N with tert-alkyl or cyclic N) is 1. The monoisotopic (exact) mass is 314 g/mol. The molecule has 4 rings (SSSR count). The summed E-state index contributed by atoms with van der Waals surface area (Å²) in [7, 11) is 0. The van der Waals surface area contributed by atoms with Gasteiger partial charge in [0.05, 0.1) is 17.7 Å². The van der Waals surface area contributed by atoms with Gasteiger partial charge in [-0.15, -0.1) is 0 Å². The van der Waals surface area contributed by atoms with E-state index in [2.05, 4.69) is 4.98 Å². The fourth-order valence-electron chi connectivity index (χ4n) is 3.50. The smallest absolute Gasteiger partial charge is 0.256 e. The lowest BCUT2D eigenvalue weighted by atomic mass is 10.0. The first-order chi connectivity index (χ1) is 11.1. The van der Waals surface area contributed by atoms with Gasteiger partial charge in [0.15, 0.2) is 0 Å². The second-order valence-corrected chi connectivity index (χ2v) is 6.50. The number of aliphatic hydroxyl groups is 1. The van der Waals surface area contributed by atoms with Gasteiger partial charge < -0.3 is 15.0 Å². The zero-order chi connectivity index (χ0) is 16.0. The number of likely N-dealkylation sites (tertiary alicyclic amines) is 1. The molecule has 5 heteroatoms. The van der Waals surface area contributed by atoms with Gasteiger partial charge in [0.1, 0.15) is 5.82 Å². The normalized spacial score (nSPS) is 24.2. The van der Waals surface area contributed by atoms with E-state index in [0.29, 0.717) is 17.9 Å². The average Bonchev–Trinajstić information content (AvgIpc) is 3.12. The zero-order valence-corrected chi connectivity index (χ0v) is 12.7. The molecule has 1 amide bonds. The Morgan fingerprint density at radius 3 is 2.87 bits per heavy atom. The van der Waals surface area contributed by atoms with Gasteiger partial charge in [-0.2, -0.15) is 0 Å². The number of aromatic nitrogens is 1. The van der Waals surface area contributed by atoms with E-state index < -0.39 is 6.10 Å². The Hall–Kier alpha value is -2.14. The average molecular weight is 314 g/mol. The number of benzene rings is 1. The third-order valence-corrected chi connectivity index (χ3v) is 4.77. The molecule has 120 valence electrons. The summed E-state index contributed by atoms with van der Waals surface area (Å²) < 4.78 is 13.5. The number of H-pyrrole nitrogens is 1. The van der Waals surface area contributed by atoms with Crippen LogP contribution in [0.15, 0.2) is 36.5 Å². The Morgan fingerprint density at radius 2 is 2.13 bits per heavy atom. The molecule has 2 heterocycles. The lowest BCUT2D eigenvalue weighted by molar-refractivity contribution is 0.0714. The van der Waals surface area contributed by atoms with Crippen molar-refractivity contribution in [1.82, 2.24) is 9.88 Å². The van der Waals surface area contributed by atoms with Crippen LogP contribution in [0.1, 0.15) is 52.8 Å². The van der Waals surface area contributed by atoms with Crippen LogP contribution in [0.4, 0.5) is 4.39 Å². The minimum atomic E-state index is -0.574. The molecule has 0 bridgehead atoms. The summed E-state index contributed by atoms with van der Waals surface area (Å²) in [5, 5.41) is 10.0. The summed E-state index contributed by atoms with van der Waals surface area (Å²) in [5.74, 6) is 0.0414. The summed E-state index contributed by atoms with van der Waals surface area (Å²) in [4.78, 5) is 17.8. The predicted octanol–water partition coefficient (Wildman–Crippen LogP) is 2.98. The van der Waals surface area contributed by atoms with Gasteiger partial charge in [-0.05, 0) is 48.9 Å². The van der Waals surface area contributed by atoms with Gasteiger partial charge >= 0.3 is 0 Å². The van der Waals surface area contributed by atoms with Crippen molar-refractivity contribution < 1.29 is 14.3 Å². The van der Waals surface area contributed by atoms with E-state index in [1.54, 1.807) is 17.2 Å². The van der Waals surface area contributed by atoms with Crippen LogP contribution in [0.2, 0.25) is 0 Å². The molecule has 2 unspecified atom stereocenters. The van der Waals surface area contributed by atoms with Crippen LogP contribution in [-0.2, 0) is 0 Å². The maximum atomic E-state index is 13.5. The fraction of sp³-hybridized carbons (Fsp3) is 0.389. The van der Waals surface area contributed by atoms with E-state index >= 15 is 0 Å². The molecular weight excluding hydrogens is 295 g/mol. The second-order valence-electron chi connectivity index (χ2n) is 6.50. The minimum absolute atomic E-state index is 0.0843. The first-order valence-corrected chi connectivity index (χ1v) is 8.05. The molecule has 1 saturated heterocycles. The molecule has 1 aromatic heterocycles. The molecule has 2 aliphatic rings. The SMILES string of the molecule is O=C(c1cc[nH]c1C1CC1)N1CC(O)CC1c1cccc(F)c1. The standard InChI is InChI=1S/C18H19FN2O2/c19-13-3-1-2-12(8-13)16-9-14(22)10-21(16)18(23)15-6-7-20-17(15)11-4-5-11/h1-3,6-8,11,14,16,20,22H,4-5,9-10H2. The van der Waals surface area contributed by atoms with Crippen molar-refractivity contribution in [3.63, 3.8) is 0 Å². The number of aliphatic hydroxyl groups excluding tert-OH is 1. The highest BCUT2D eigenvalue weighted by Crippen LogP contribution is 2.42. The number of amides is 1. The molecule has 1 aliphatic carbocycles. The summed E-state index contributed by atoms with van der Waals surface area (Å²) in [6.45, 7) is 0.287. The highest BCUT2D eigenvalue weighted by Gasteiger charge is 2.38. The van der Waals surface area contributed by atoms with E-state index in [9.17, 15) is 14.3 Å². The van der Waals surface area contributed by atoms with Crippen molar-refractivity contribution in [2.75, 3.05) is 6.54 Å². The lowest BCUT2D eigenvalue weighted by Crippen LogP contribution is -2.32. The van der Waals surface area contributed by atoms with Crippen LogP contribution >= 0.6 is 0 Å². The molecule has 2 fully saturated rings. The number of hydrogen-bond donors (Lipinski definition) is 2. The van der Waals surface area contributed by atoms with E-state index in [1.165, 1.54) is 12.1 Å². The van der Waals surface area contributed by atoms with Crippen LogP contribution < -0.4 is 0 Å². The van der Waals surface area contributed by atoms with Crippen LogP contribution in [0.5, 0.6) is 0 Å². The largest absolute Gasteiger partial charge is 0.391 e. The van der Waals surface area contributed by atoms with E-state index in [1.807, 2.05) is 12.1 Å². The van der Waals surface area contributed by atoms with Gasteiger partial charge in [0.25, 0.3) is 5.91 Å². The van der Waals surface area contributed by atoms with E-state index in [0.717, 1.165) is 24.1 Å². The molecular formula is C18H19FN2O2. The third kappa shape index (κ3) is 2.65. The van der Waals surface area contributed by atoms with Gasteiger partial charge in [-0.3, -0.25) is 4.79 Å². The van der Waals surface area contributed by atoms with E-state index in [-0.39, 0.29) is 24.3 Å². The number of carbonyl (C=O) groups is 1. The van der Waals surface area contributed by atoms with Gasteiger partial charge in [0, 0.05) is 18.4 Å². The fourth-order valence-corrected chi connectivity index (χ4v) is 3.50. The number of rotatable bonds is 3. The second kappa shape index (κ2) is 5.49. The molecule has 0 radical (unpaired) electrons. The molecule has 2 aromatic rings. The number of nitrogens with zero attached hydrogens (tertiary/aromatic N) is 1. The maximum Gasteiger partial charge on any atom is 0.256 e. The van der Waals surface area contributed by atoms with Crippen molar-refractivity contribution >= 4 is 5.91 Å². The zero-order valence-electron chi connectivity index (χ0n) is 12.7. The molecule has 4 nitrogen and oxygen atoms in total. The lowest BCUT2D eigenvalue weighted by Gasteiger charge is -2.25. The van der Waals surface area contributed by atoms with Crippen LogP contribution in [-0.4, -0.2) is 33.5 Å². The van der Waals surface area contributed by atoms with E-state index in [4.69, 9.17) is 0 Å². The van der Waals surface area contributed by atoms with Crippen LogP contribution in [0.3, 0.4) is 0 Å². The highest BCUT2D eigenvalue weighted by atomic mass is 19.1. The van der Waals surface area contributed by atoms with Gasteiger partial charge in [0.2, 0.25) is 0 Å². The number of halogens is 1. The molecule has 23 heavy (non-hydrogen) atoms. The van der Waals surface area contributed by atoms with Crippen molar-refractivity contribution in [3.05, 3.63) is 59.2 Å². The quantitative estimate of drug-likeness (QED) is 0.915. The first kappa shape index (κ1) is 14.5. The number of hydrogen-bond acceptors (Lipinski definition) is 2. The Balaban J connectivity index is 1.65. The number of carbonyl (C=O) groups excluding carboxylic acids is 1. The van der Waals surface area contributed by atoms with Crippen molar-refractivity contribution in [2.45, 2.75) is 37.3 Å². The Bertz CT molecular complexity index is 738. The highest BCUT2D eigenvalue weighted by molar-refractivity contribution is 5.96. The van der Waals surface area contributed by atoms with Crippen LogP contribution in [0, 0.1) is 5.82 Å². The molecule has 0 spiro atoms. The first-order valence-electron chi connectivity index (χ1n) is 8.05. The summed E-state index contributed by atoms with van der Waals surface area (Å²) in [5.41, 5.74) is 2.41. The summed E-state index contributed by atoms with van der Waals surface area (Å²) in [6.07, 6.45) is 3.88. The van der Waals surface area contributed by atoms with Crippen molar-refractivity contribution in [1.29, 1.82) is 0 Å². The Labute approximate surface area is 133 Å². The van der Waals surface area contributed by atoms with Gasteiger partial charge in [-0.25, -0.2) is 4.39 Å². The summed E-state index contributed by atoms with van der Waals surface area (Å²) in [6, 6.07) is 7.81. The Morgan fingerprint density at radius 1 is 1.30 bits per heavy atom. The number of nitrogens with one attached hydrogen (secondary N) is 1. The molecule has 1 aliphatic heterocycles. The maximum absolute atomic E-state index is 13.5. The number of aromatic amines is 1. The minimum Gasteiger partial charge on any atom is -0.391 e. The Kier molecular flexibility index (Phi) is 3.45.